The van der Waals surface area contributed by atoms with E-state index in [1.54, 1.807) is 16.7 Å². The Morgan fingerprint density at radius 2 is 1.94 bits per heavy atom. The molecular weight excluding hydrogens is 254 g/mol. The van der Waals surface area contributed by atoms with Crippen LogP contribution < -0.4 is 0 Å². The summed E-state index contributed by atoms with van der Waals surface area (Å²) in [5.41, 5.74) is 0.724. The number of nitrogens with zero attached hydrogens (tertiary/aromatic N) is 1. The van der Waals surface area contributed by atoms with Crippen LogP contribution in [0.15, 0.2) is 29.2 Å². The van der Waals surface area contributed by atoms with Crippen molar-refractivity contribution in [3.63, 3.8) is 0 Å². The molecule has 0 aliphatic carbocycles. The third kappa shape index (κ3) is 3.93. The minimum Gasteiger partial charge on any atom is -0.335 e. The molecule has 0 aliphatic heterocycles. The average molecular weight is 272 g/mol. The Labute approximate surface area is 112 Å². The van der Waals surface area contributed by atoms with Gasteiger partial charge in [-0.3, -0.25) is 4.79 Å². The Hall–Kier alpha value is -0.670. The second-order valence-electron chi connectivity index (χ2n) is 4.01. The normalized spacial score (nSPS) is 10.6. The van der Waals surface area contributed by atoms with Gasteiger partial charge in [-0.2, -0.15) is 0 Å². The molecule has 0 heterocycles. The van der Waals surface area contributed by atoms with Gasteiger partial charge in [-0.1, -0.05) is 0 Å². The molecule has 17 heavy (non-hydrogen) atoms. The summed E-state index contributed by atoms with van der Waals surface area (Å²) in [5.74, 6) is 0.514. The van der Waals surface area contributed by atoms with E-state index in [0.717, 1.165) is 10.5 Å². The first-order chi connectivity index (χ1) is 8.10. The Morgan fingerprint density at radius 1 is 1.35 bits per heavy atom. The zero-order chi connectivity index (χ0) is 12.8. The van der Waals surface area contributed by atoms with E-state index in [0.29, 0.717) is 12.4 Å². The summed E-state index contributed by atoms with van der Waals surface area (Å²) >= 11 is 7.39. The van der Waals surface area contributed by atoms with E-state index >= 15 is 0 Å². The van der Waals surface area contributed by atoms with Gasteiger partial charge in [-0.25, -0.2) is 0 Å². The molecule has 4 heteroatoms. The fourth-order valence-electron chi connectivity index (χ4n) is 1.58. The quantitative estimate of drug-likeness (QED) is 0.603. The number of halogens is 1. The van der Waals surface area contributed by atoms with Crippen molar-refractivity contribution in [3.8, 4) is 0 Å². The van der Waals surface area contributed by atoms with Crippen LogP contribution in [0.25, 0.3) is 0 Å². The number of alkyl halides is 1. The maximum absolute atomic E-state index is 12.2. The summed E-state index contributed by atoms with van der Waals surface area (Å²) in [6.45, 7) is 4.59. The molecule has 0 aromatic heterocycles. The number of rotatable bonds is 5. The van der Waals surface area contributed by atoms with Crippen molar-refractivity contribution in [1.82, 2.24) is 4.90 Å². The van der Waals surface area contributed by atoms with Crippen molar-refractivity contribution in [2.75, 3.05) is 18.7 Å². The molecule has 1 amide bonds. The van der Waals surface area contributed by atoms with Crippen LogP contribution in [0, 0.1) is 0 Å². The van der Waals surface area contributed by atoms with Gasteiger partial charge in [0.15, 0.2) is 0 Å². The van der Waals surface area contributed by atoms with Crippen molar-refractivity contribution in [1.29, 1.82) is 0 Å². The van der Waals surface area contributed by atoms with Gasteiger partial charge >= 0.3 is 0 Å². The van der Waals surface area contributed by atoms with Gasteiger partial charge in [-0.15, -0.1) is 23.4 Å². The molecule has 0 bridgehead atoms. The lowest BCUT2D eigenvalue weighted by atomic mass is 10.2. The van der Waals surface area contributed by atoms with Gasteiger partial charge in [0.05, 0.1) is 0 Å². The van der Waals surface area contributed by atoms with E-state index in [9.17, 15) is 4.79 Å². The summed E-state index contributed by atoms with van der Waals surface area (Å²) in [5, 5.41) is 0. The summed E-state index contributed by atoms with van der Waals surface area (Å²) in [6.07, 6.45) is 2.02. The average Bonchev–Trinajstić information content (AvgIpc) is 2.35. The third-order valence-electron chi connectivity index (χ3n) is 2.55. The van der Waals surface area contributed by atoms with E-state index in [4.69, 9.17) is 11.6 Å². The molecule has 1 rings (SSSR count). The van der Waals surface area contributed by atoms with Crippen LogP contribution in [0.4, 0.5) is 0 Å². The van der Waals surface area contributed by atoms with Crippen molar-refractivity contribution in [2.45, 2.75) is 24.8 Å². The van der Waals surface area contributed by atoms with Gasteiger partial charge in [-0.05, 0) is 44.4 Å². The van der Waals surface area contributed by atoms with Gasteiger partial charge in [0.2, 0.25) is 0 Å². The molecule has 0 saturated carbocycles. The number of hydrogen-bond donors (Lipinski definition) is 0. The van der Waals surface area contributed by atoms with Crippen molar-refractivity contribution in [2.24, 2.45) is 0 Å². The summed E-state index contributed by atoms with van der Waals surface area (Å²) < 4.78 is 0. The number of carbonyl (C=O) groups excluding carboxylic acids is 1. The first-order valence-electron chi connectivity index (χ1n) is 5.61. The van der Waals surface area contributed by atoms with E-state index in [1.807, 2.05) is 44.4 Å². The lowest BCUT2D eigenvalue weighted by molar-refractivity contribution is 0.0718. The highest BCUT2D eigenvalue weighted by molar-refractivity contribution is 7.98. The minimum atomic E-state index is 0.0494. The maximum atomic E-state index is 12.2. The molecule has 94 valence electrons. The summed E-state index contributed by atoms with van der Waals surface area (Å²) in [6, 6.07) is 7.85. The first-order valence-corrected chi connectivity index (χ1v) is 7.37. The van der Waals surface area contributed by atoms with Crippen LogP contribution >= 0.6 is 23.4 Å². The number of carbonyl (C=O) groups is 1. The molecule has 2 nitrogen and oxygen atoms in total. The highest BCUT2D eigenvalue weighted by atomic mass is 35.5. The lowest BCUT2D eigenvalue weighted by Crippen LogP contribution is -2.38. The first kappa shape index (κ1) is 14.4. The van der Waals surface area contributed by atoms with Crippen LogP contribution in [0.5, 0.6) is 0 Å². The molecule has 1 aromatic rings. The highest BCUT2D eigenvalue weighted by Gasteiger charge is 2.17. The zero-order valence-corrected chi connectivity index (χ0v) is 12.0. The van der Waals surface area contributed by atoms with E-state index in [1.165, 1.54) is 0 Å². The number of amides is 1. The van der Waals surface area contributed by atoms with E-state index in [2.05, 4.69) is 0 Å². The van der Waals surface area contributed by atoms with Crippen molar-refractivity contribution in [3.05, 3.63) is 29.8 Å². The molecule has 0 saturated heterocycles. The molecule has 0 radical (unpaired) electrons. The monoisotopic (exact) mass is 271 g/mol. The number of thioether (sulfide) groups is 1. The minimum absolute atomic E-state index is 0.0494. The lowest BCUT2D eigenvalue weighted by Gasteiger charge is -2.26. The molecule has 0 atom stereocenters. The molecule has 0 fully saturated rings. The Kier molecular flexibility index (Phi) is 5.86. The fraction of sp³-hybridized carbons (Fsp3) is 0.462. The molecule has 0 N–H and O–H groups in total. The highest BCUT2D eigenvalue weighted by Crippen LogP contribution is 2.16. The largest absolute Gasteiger partial charge is 0.335 e. The molecule has 0 unspecified atom stereocenters. The van der Waals surface area contributed by atoms with Crippen LogP contribution in [-0.4, -0.2) is 35.5 Å². The summed E-state index contributed by atoms with van der Waals surface area (Å²) in [4.78, 5) is 15.2. The van der Waals surface area contributed by atoms with E-state index in [-0.39, 0.29) is 11.9 Å². The van der Waals surface area contributed by atoms with Crippen LogP contribution in [0.1, 0.15) is 24.2 Å². The Bertz CT molecular complexity index is 364. The van der Waals surface area contributed by atoms with Crippen molar-refractivity contribution < 1.29 is 4.79 Å². The predicted molar refractivity (Wildman–Crippen MR) is 75.1 cm³/mol. The molecule has 0 aliphatic rings. The Morgan fingerprint density at radius 3 is 2.35 bits per heavy atom. The van der Waals surface area contributed by atoms with Crippen LogP contribution in [-0.2, 0) is 0 Å². The third-order valence-corrected chi connectivity index (χ3v) is 3.46. The SMILES string of the molecule is CSc1ccc(C(=O)N(CCCl)C(C)C)cc1. The number of hydrogen-bond acceptors (Lipinski definition) is 2. The van der Waals surface area contributed by atoms with Crippen molar-refractivity contribution >= 4 is 29.3 Å². The van der Waals surface area contributed by atoms with Gasteiger partial charge in [0.25, 0.3) is 5.91 Å². The zero-order valence-electron chi connectivity index (χ0n) is 10.4. The van der Waals surface area contributed by atoms with Gasteiger partial charge in [0.1, 0.15) is 0 Å². The fourth-order valence-corrected chi connectivity index (χ4v) is 2.18. The molecule has 0 spiro atoms. The van der Waals surface area contributed by atoms with Crippen LogP contribution in [0.3, 0.4) is 0 Å². The molecular formula is C13H18ClNOS. The predicted octanol–water partition coefficient (Wildman–Crippen LogP) is 3.50. The maximum Gasteiger partial charge on any atom is 0.254 e. The van der Waals surface area contributed by atoms with Crippen LogP contribution in [0.2, 0.25) is 0 Å². The second-order valence-corrected chi connectivity index (χ2v) is 5.27. The van der Waals surface area contributed by atoms with Gasteiger partial charge in [0, 0.05) is 28.9 Å². The topological polar surface area (TPSA) is 20.3 Å². The van der Waals surface area contributed by atoms with Gasteiger partial charge < -0.3 is 4.90 Å². The Balaban J connectivity index is 2.85. The smallest absolute Gasteiger partial charge is 0.254 e. The standard InChI is InChI=1S/C13H18ClNOS/c1-10(2)15(9-8-14)13(16)11-4-6-12(17-3)7-5-11/h4-7,10H,8-9H2,1-3H3. The number of benzene rings is 1. The van der Waals surface area contributed by atoms with E-state index < -0.39 is 0 Å². The second kappa shape index (κ2) is 6.92. The molecule has 1 aromatic carbocycles. The summed E-state index contributed by atoms with van der Waals surface area (Å²) in [7, 11) is 0.